The van der Waals surface area contributed by atoms with Crippen LogP contribution in [0.15, 0.2) is 72.8 Å². The number of anilines is 1. The molecule has 174 valence electrons. The van der Waals surface area contributed by atoms with Crippen LogP contribution in [0.2, 0.25) is 0 Å². The summed E-state index contributed by atoms with van der Waals surface area (Å²) in [6.07, 6.45) is 0. The average molecular weight is 473 g/mol. The van der Waals surface area contributed by atoms with Crippen LogP contribution in [-0.2, 0) is 0 Å². The number of amides is 1. The Kier molecular flexibility index (Phi) is 6.74. The Morgan fingerprint density at radius 3 is 2.59 bits per heavy atom. The van der Waals surface area contributed by atoms with Crippen molar-refractivity contribution in [2.24, 2.45) is 0 Å². The Morgan fingerprint density at radius 1 is 0.971 bits per heavy atom. The molecule has 0 spiro atoms. The molecule has 7 heteroatoms. The van der Waals surface area contributed by atoms with Crippen LogP contribution in [0, 0.1) is 6.92 Å². The van der Waals surface area contributed by atoms with Gasteiger partial charge in [0.15, 0.2) is 5.13 Å². The molecule has 2 heterocycles. The van der Waals surface area contributed by atoms with Crippen molar-refractivity contribution in [3.8, 4) is 11.5 Å². The van der Waals surface area contributed by atoms with E-state index in [4.69, 9.17) is 9.72 Å². The quantitative estimate of drug-likeness (QED) is 0.413. The molecule has 5 rings (SSSR count). The van der Waals surface area contributed by atoms with Crippen LogP contribution in [0.25, 0.3) is 10.2 Å². The number of ether oxygens (including phenoxy) is 1. The zero-order valence-electron chi connectivity index (χ0n) is 19.2. The van der Waals surface area contributed by atoms with Crippen molar-refractivity contribution < 1.29 is 9.53 Å². The van der Waals surface area contributed by atoms with E-state index in [0.717, 1.165) is 49.1 Å². The minimum absolute atomic E-state index is 0.0816. The van der Waals surface area contributed by atoms with Gasteiger partial charge in [0.1, 0.15) is 11.5 Å². The van der Waals surface area contributed by atoms with Gasteiger partial charge in [0.25, 0.3) is 5.91 Å². The molecule has 1 aromatic heterocycles. The second kappa shape index (κ2) is 10.2. The van der Waals surface area contributed by atoms with Gasteiger partial charge in [-0.05, 0) is 55.0 Å². The van der Waals surface area contributed by atoms with Crippen LogP contribution in [0.5, 0.6) is 11.5 Å². The fraction of sp³-hybridized carbons (Fsp3) is 0.259. The van der Waals surface area contributed by atoms with Crippen molar-refractivity contribution in [1.82, 2.24) is 15.2 Å². The smallest absolute Gasteiger partial charge is 0.251 e. The van der Waals surface area contributed by atoms with Gasteiger partial charge in [-0.2, -0.15) is 0 Å². The van der Waals surface area contributed by atoms with E-state index in [2.05, 4.69) is 40.2 Å². The summed E-state index contributed by atoms with van der Waals surface area (Å²) in [5.74, 6) is 1.32. The van der Waals surface area contributed by atoms with E-state index in [0.29, 0.717) is 17.9 Å². The molecule has 1 aliphatic rings. The summed E-state index contributed by atoms with van der Waals surface area (Å²) in [7, 11) is 0. The molecule has 1 fully saturated rings. The summed E-state index contributed by atoms with van der Waals surface area (Å²) in [6, 6.07) is 23.3. The number of fused-ring (bicyclic) bond motifs is 1. The molecule has 0 saturated carbocycles. The van der Waals surface area contributed by atoms with E-state index >= 15 is 0 Å². The molecule has 0 aliphatic carbocycles. The van der Waals surface area contributed by atoms with Crippen LogP contribution in [0.3, 0.4) is 0 Å². The molecular weight excluding hydrogens is 444 g/mol. The number of benzene rings is 3. The fourth-order valence-electron chi connectivity index (χ4n) is 4.07. The number of hydrogen-bond donors (Lipinski definition) is 1. The number of nitrogens with zero attached hydrogens (tertiary/aromatic N) is 3. The summed E-state index contributed by atoms with van der Waals surface area (Å²) in [4.78, 5) is 22.2. The third-order valence-corrected chi connectivity index (χ3v) is 7.04. The summed E-state index contributed by atoms with van der Waals surface area (Å²) < 4.78 is 7.09. The maximum Gasteiger partial charge on any atom is 0.251 e. The number of hydrogen-bond acceptors (Lipinski definition) is 6. The molecule has 1 aliphatic heterocycles. The molecule has 3 aromatic carbocycles. The predicted molar refractivity (Wildman–Crippen MR) is 138 cm³/mol. The Morgan fingerprint density at radius 2 is 1.76 bits per heavy atom. The Hall–Kier alpha value is -3.42. The third kappa shape index (κ3) is 5.38. The van der Waals surface area contributed by atoms with Gasteiger partial charge >= 0.3 is 0 Å². The number of nitrogens with one attached hydrogen (secondary N) is 1. The molecule has 0 radical (unpaired) electrons. The van der Waals surface area contributed by atoms with Gasteiger partial charge in [-0.3, -0.25) is 9.69 Å². The number of aryl methyl sites for hydroxylation is 1. The first-order valence-corrected chi connectivity index (χ1v) is 12.4. The number of para-hydroxylation sites is 1. The van der Waals surface area contributed by atoms with Crippen molar-refractivity contribution in [1.29, 1.82) is 0 Å². The first kappa shape index (κ1) is 22.4. The maximum atomic E-state index is 12.6. The minimum Gasteiger partial charge on any atom is -0.457 e. The van der Waals surface area contributed by atoms with Crippen molar-refractivity contribution in [2.45, 2.75) is 6.92 Å². The van der Waals surface area contributed by atoms with E-state index in [1.807, 2.05) is 48.5 Å². The zero-order chi connectivity index (χ0) is 23.3. The van der Waals surface area contributed by atoms with Crippen molar-refractivity contribution in [3.05, 3.63) is 83.9 Å². The number of piperazine rings is 1. The van der Waals surface area contributed by atoms with Crippen LogP contribution in [0.1, 0.15) is 15.9 Å². The summed E-state index contributed by atoms with van der Waals surface area (Å²) in [5.41, 5.74) is 2.95. The lowest BCUT2D eigenvalue weighted by molar-refractivity contribution is 0.0947. The van der Waals surface area contributed by atoms with Gasteiger partial charge in [0.2, 0.25) is 0 Å². The molecule has 1 N–H and O–H groups in total. The second-order valence-electron chi connectivity index (χ2n) is 8.50. The normalized spacial score (nSPS) is 14.3. The molecule has 0 atom stereocenters. The predicted octanol–water partition coefficient (Wildman–Crippen LogP) is 4.95. The fourth-order valence-corrected chi connectivity index (χ4v) is 5.19. The lowest BCUT2D eigenvalue weighted by Gasteiger charge is -2.34. The highest BCUT2D eigenvalue weighted by atomic mass is 32.1. The largest absolute Gasteiger partial charge is 0.457 e. The first-order valence-electron chi connectivity index (χ1n) is 11.6. The summed E-state index contributed by atoms with van der Waals surface area (Å²) in [6.45, 7) is 7.39. The van der Waals surface area contributed by atoms with Crippen molar-refractivity contribution >= 4 is 32.6 Å². The lowest BCUT2D eigenvalue weighted by Crippen LogP contribution is -2.48. The summed E-state index contributed by atoms with van der Waals surface area (Å²) in [5, 5.41) is 4.15. The van der Waals surface area contributed by atoms with E-state index < -0.39 is 0 Å². The number of aromatic nitrogens is 1. The highest BCUT2D eigenvalue weighted by molar-refractivity contribution is 7.22. The number of carbonyl (C=O) groups is 1. The van der Waals surface area contributed by atoms with Crippen LogP contribution in [0.4, 0.5) is 5.13 Å². The van der Waals surface area contributed by atoms with Gasteiger partial charge in [0, 0.05) is 44.8 Å². The molecule has 34 heavy (non-hydrogen) atoms. The van der Waals surface area contributed by atoms with E-state index in [9.17, 15) is 4.79 Å². The molecular formula is C27H28N4O2S. The molecule has 1 saturated heterocycles. The Bertz CT molecular complexity index is 1270. The SMILES string of the molecule is Cc1ccc2nc(N3CCN(CCNC(=O)c4cccc(Oc5ccccc5)c4)CC3)sc2c1. The van der Waals surface area contributed by atoms with Crippen LogP contribution < -0.4 is 15.0 Å². The lowest BCUT2D eigenvalue weighted by atomic mass is 10.2. The van der Waals surface area contributed by atoms with Gasteiger partial charge in [-0.1, -0.05) is 41.7 Å². The highest BCUT2D eigenvalue weighted by Gasteiger charge is 2.20. The summed E-state index contributed by atoms with van der Waals surface area (Å²) >= 11 is 1.77. The Labute approximate surface area is 203 Å². The standard InChI is InChI=1S/C27H28N4O2S/c1-20-10-11-24-25(18-20)34-27(29-24)31-16-14-30(15-17-31)13-12-28-26(32)21-6-5-9-23(19-21)33-22-7-3-2-4-8-22/h2-11,18-19H,12-17H2,1H3,(H,28,32). The van der Waals surface area contributed by atoms with Gasteiger partial charge < -0.3 is 15.0 Å². The minimum atomic E-state index is -0.0816. The second-order valence-corrected chi connectivity index (χ2v) is 9.50. The van der Waals surface area contributed by atoms with Gasteiger partial charge in [-0.25, -0.2) is 4.98 Å². The number of thiazole rings is 1. The molecule has 0 unspecified atom stereocenters. The number of carbonyl (C=O) groups excluding carboxylic acids is 1. The number of rotatable bonds is 7. The first-order chi connectivity index (χ1) is 16.6. The van der Waals surface area contributed by atoms with E-state index in [-0.39, 0.29) is 5.91 Å². The topological polar surface area (TPSA) is 57.7 Å². The van der Waals surface area contributed by atoms with Gasteiger partial charge in [-0.15, -0.1) is 0 Å². The van der Waals surface area contributed by atoms with E-state index in [1.165, 1.54) is 10.3 Å². The zero-order valence-corrected chi connectivity index (χ0v) is 20.1. The van der Waals surface area contributed by atoms with E-state index in [1.54, 1.807) is 17.4 Å². The van der Waals surface area contributed by atoms with Gasteiger partial charge in [0.05, 0.1) is 10.2 Å². The molecule has 4 aromatic rings. The maximum absolute atomic E-state index is 12.6. The van der Waals surface area contributed by atoms with Crippen molar-refractivity contribution in [3.63, 3.8) is 0 Å². The van der Waals surface area contributed by atoms with Crippen LogP contribution >= 0.6 is 11.3 Å². The monoisotopic (exact) mass is 472 g/mol. The Balaban J connectivity index is 1.08. The van der Waals surface area contributed by atoms with Crippen molar-refractivity contribution in [2.75, 3.05) is 44.2 Å². The van der Waals surface area contributed by atoms with Crippen LogP contribution in [-0.4, -0.2) is 55.1 Å². The highest BCUT2D eigenvalue weighted by Crippen LogP contribution is 2.30. The third-order valence-electron chi connectivity index (χ3n) is 5.96. The molecule has 6 nitrogen and oxygen atoms in total. The molecule has 1 amide bonds. The average Bonchev–Trinajstić information content (AvgIpc) is 3.28. The molecule has 0 bridgehead atoms.